The maximum absolute atomic E-state index is 11.7. The van der Waals surface area contributed by atoms with Crippen LogP contribution in [0, 0.1) is 0 Å². The molecule has 0 unspecified atom stereocenters. The Morgan fingerprint density at radius 2 is 1.62 bits per heavy atom. The number of carbonyl (C=O) groups excluding carboxylic acids is 2. The minimum absolute atomic E-state index is 0.00246. The second kappa shape index (κ2) is 8.10. The van der Waals surface area contributed by atoms with Gasteiger partial charge in [-0.1, -0.05) is 6.92 Å². The summed E-state index contributed by atoms with van der Waals surface area (Å²) in [5, 5.41) is 2.94. The third-order valence-corrected chi connectivity index (χ3v) is 2.44. The molecule has 0 aromatic carbocycles. The number of hydrogen-bond acceptors (Lipinski definition) is 3. The van der Waals surface area contributed by atoms with Gasteiger partial charge in [0, 0.05) is 20.1 Å². The number of nitrogens with zero attached hydrogens (tertiary/aromatic N) is 2. The van der Waals surface area contributed by atoms with Crippen molar-refractivity contribution in [3.8, 4) is 0 Å². The molecule has 0 rings (SSSR count). The summed E-state index contributed by atoms with van der Waals surface area (Å²) in [6.07, 6.45) is 0. The largest absolute Gasteiger partial charge is 0.342 e. The SMILES string of the molecule is CCNCC(=O)N(C)CC(=O)N(CC)CC. The van der Waals surface area contributed by atoms with Gasteiger partial charge in [0.05, 0.1) is 13.1 Å². The number of amides is 2. The smallest absolute Gasteiger partial charge is 0.242 e. The van der Waals surface area contributed by atoms with E-state index in [4.69, 9.17) is 0 Å². The number of nitrogens with one attached hydrogen (secondary N) is 1. The van der Waals surface area contributed by atoms with Crippen molar-refractivity contribution >= 4 is 11.8 Å². The van der Waals surface area contributed by atoms with Gasteiger partial charge in [-0.05, 0) is 20.4 Å². The van der Waals surface area contributed by atoms with Crippen molar-refractivity contribution in [2.45, 2.75) is 20.8 Å². The topological polar surface area (TPSA) is 52.7 Å². The summed E-state index contributed by atoms with van der Waals surface area (Å²) in [5.74, 6) is -0.0558. The molecular weight excluding hydrogens is 206 g/mol. The van der Waals surface area contributed by atoms with Crippen molar-refractivity contribution < 1.29 is 9.59 Å². The molecule has 0 aliphatic rings. The highest BCUT2D eigenvalue weighted by Gasteiger charge is 2.15. The molecule has 94 valence electrons. The zero-order valence-electron chi connectivity index (χ0n) is 10.7. The summed E-state index contributed by atoms with van der Waals surface area (Å²) in [4.78, 5) is 26.4. The van der Waals surface area contributed by atoms with Crippen LogP contribution in [0.25, 0.3) is 0 Å². The predicted octanol–water partition coefficient (Wildman–Crippen LogP) is -0.0773. The Morgan fingerprint density at radius 3 is 2.06 bits per heavy atom. The Kier molecular flexibility index (Phi) is 7.54. The summed E-state index contributed by atoms with van der Waals surface area (Å²) in [6.45, 7) is 8.38. The molecule has 1 N–H and O–H groups in total. The van der Waals surface area contributed by atoms with Gasteiger partial charge in [-0.3, -0.25) is 9.59 Å². The van der Waals surface area contributed by atoms with Crippen LogP contribution in [0.3, 0.4) is 0 Å². The number of rotatable bonds is 7. The molecule has 0 aliphatic carbocycles. The van der Waals surface area contributed by atoms with E-state index in [0.29, 0.717) is 19.6 Å². The van der Waals surface area contributed by atoms with E-state index in [-0.39, 0.29) is 18.4 Å². The lowest BCUT2D eigenvalue weighted by molar-refractivity contribution is -0.138. The monoisotopic (exact) mass is 229 g/mol. The molecule has 0 heterocycles. The predicted molar refractivity (Wildman–Crippen MR) is 64.1 cm³/mol. The standard InChI is InChI=1S/C11H23N3O2/c1-5-12-8-10(15)13(4)9-11(16)14(6-2)7-3/h12H,5-9H2,1-4H3. The lowest BCUT2D eigenvalue weighted by Crippen LogP contribution is -2.43. The van der Waals surface area contributed by atoms with Gasteiger partial charge >= 0.3 is 0 Å². The maximum atomic E-state index is 11.7. The van der Waals surface area contributed by atoms with Crippen molar-refractivity contribution in [3.05, 3.63) is 0 Å². The van der Waals surface area contributed by atoms with Gasteiger partial charge in [0.25, 0.3) is 0 Å². The molecule has 0 aromatic heterocycles. The molecule has 16 heavy (non-hydrogen) atoms. The van der Waals surface area contributed by atoms with E-state index in [1.807, 2.05) is 20.8 Å². The second-order valence-electron chi connectivity index (χ2n) is 3.60. The van der Waals surface area contributed by atoms with Crippen LogP contribution in [0.1, 0.15) is 20.8 Å². The average molecular weight is 229 g/mol. The molecular formula is C11H23N3O2. The van der Waals surface area contributed by atoms with Gasteiger partial charge in [-0.25, -0.2) is 0 Å². The van der Waals surface area contributed by atoms with Crippen LogP contribution >= 0.6 is 0 Å². The van der Waals surface area contributed by atoms with Crippen LogP contribution in [0.4, 0.5) is 0 Å². The summed E-state index contributed by atoms with van der Waals surface area (Å²) in [5.41, 5.74) is 0. The van der Waals surface area contributed by atoms with Gasteiger partial charge in [0.2, 0.25) is 11.8 Å². The van der Waals surface area contributed by atoms with Crippen molar-refractivity contribution in [2.24, 2.45) is 0 Å². The first-order valence-electron chi connectivity index (χ1n) is 5.79. The van der Waals surface area contributed by atoms with Crippen molar-refractivity contribution in [2.75, 3.05) is 39.8 Å². The summed E-state index contributed by atoms with van der Waals surface area (Å²) in [7, 11) is 1.65. The lowest BCUT2D eigenvalue weighted by Gasteiger charge is -2.23. The summed E-state index contributed by atoms with van der Waals surface area (Å²) >= 11 is 0. The number of hydrogen-bond donors (Lipinski definition) is 1. The molecule has 2 amide bonds. The van der Waals surface area contributed by atoms with Gasteiger partial charge in [0.1, 0.15) is 0 Å². The molecule has 0 radical (unpaired) electrons. The summed E-state index contributed by atoms with van der Waals surface area (Å²) in [6, 6.07) is 0. The van der Waals surface area contributed by atoms with Gasteiger partial charge in [-0.15, -0.1) is 0 Å². The minimum atomic E-state index is -0.0534. The molecule has 0 atom stereocenters. The van der Waals surface area contributed by atoms with Crippen LogP contribution in [0.2, 0.25) is 0 Å². The Bertz CT molecular complexity index is 227. The zero-order chi connectivity index (χ0) is 12.6. The van der Waals surface area contributed by atoms with Crippen molar-refractivity contribution in [1.29, 1.82) is 0 Å². The molecule has 0 saturated carbocycles. The highest BCUT2D eigenvalue weighted by atomic mass is 16.2. The van der Waals surface area contributed by atoms with E-state index in [9.17, 15) is 9.59 Å². The molecule has 5 nitrogen and oxygen atoms in total. The molecule has 0 aliphatic heterocycles. The van der Waals surface area contributed by atoms with Gasteiger partial charge in [-0.2, -0.15) is 0 Å². The van der Waals surface area contributed by atoms with Gasteiger partial charge < -0.3 is 15.1 Å². The second-order valence-corrected chi connectivity index (χ2v) is 3.60. The average Bonchev–Trinajstić information content (AvgIpc) is 2.27. The van der Waals surface area contributed by atoms with E-state index >= 15 is 0 Å². The lowest BCUT2D eigenvalue weighted by atomic mass is 10.4. The van der Waals surface area contributed by atoms with E-state index < -0.39 is 0 Å². The molecule has 0 fully saturated rings. The quantitative estimate of drug-likeness (QED) is 0.664. The molecule has 0 spiro atoms. The molecule has 0 saturated heterocycles. The Labute approximate surface area is 97.8 Å². The first kappa shape index (κ1) is 14.9. The normalized spacial score (nSPS) is 10.0. The van der Waals surface area contributed by atoms with E-state index in [1.54, 1.807) is 11.9 Å². The fourth-order valence-electron chi connectivity index (χ4n) is 1.33. The van der Waals surface area contributed by atoms with Crippen molar-refractivity contribution in [1.82, 2.24) is 15.1 Å². The van der Waals surface area contributed by atoms with E-state index in [0.717, 1.165) is 6.54 Å². The Hall–Kier alpha value is -1.10. The maximum Gasteiger partial charge on any atom is 0.242 e. The Morgan fingerprint density at radius 1 is 1.06 bits per heavy atom. The molecule has 5 heteroatoms. The van der Waals surface area contributed by atoms with E-state index in [1.165, 1.54) is 4.90 Å². The first-order valence-corrected chi connectivity index (χ1v) is 5.79. The van der Waals surface area contributed by atoms with Crippen LogP contribution in [0.15, 0.2) is 0 Å². The van der Waals surface area contributed by atoms with Crippen LogP contribution in [-0.2, 0) is 9.59 Å². The van der Waals surface area contributed by atoms with Crippen LogP contribution in [0.5, 0.6) is 0 Å². The molecule has 0 aromatic rings. The fraction of sp³-hybridized carbons (Fsp3) is 0.818. The van der Waals surface area contributed by atoms with Crippen molar-refractivity contribution in [3.63, 3.8) is 0 Å². The third kappa shape index (κ3) is 5.11. The van der Waals surface area contributed by atoms with E-state index in [2.05, 4.69) is 5.32 Å². The zero-order valence-corrected chi connectivity index (χ0v) is 10.7. The first-order chi connectivity index (χ1) is 7.56. The van der Waals surface area contributed by atoms with Gasteiger partial charge in [0.15, 0.2) is 0 Å². The minimum Gasteiger partial charge on any atom is -0.342 e. The third-order valence-electron chi connectivity index (χ3n) is 2.44. The molecule has 0 bridgehead atoms. The summed E-state index contributed by atoms with van der Waals surface area (Å²) < 4.78 is 0. The highest BCUT2D eigenvalue weighted by molar-refractivity contribution is 5.85. The Balaban J connectivity index is 4.07. The number of likely N-dealkylation sites (N-methyl/N-ethyl adjacent to an activating group) is 3. The highest BCUT2D eigenvalue weighted by Crippen LogP contribution is 1.92. The fourth-order valence-corrected chi connectivity index (χ4v) is 1.33. The van der Waals surface area contributed by atoms with Crippen LogP contribution < -0.4 is 5.32 Å². The number of carbonyl (C=O) groups is 2. The van der Waals surface area contributed by atoms with Crippen LogP contribution in [-0.4, -0.2) is 61.4 Å².